The third-order valence-corrected chi connectivity index (χ3v) is 4.27. The van der Waals surface area contributed by atoms with E-state index in [-0.39, 0.29) is 6.61 Å². The van der Waals surface area contributed by atoms with Gasteiger partial charge in [0.25, 0.3) is 0 Å². The highest BCUT2D eigenvalue weighted by molar-refractivity contribution is 5.47. The van der Waals surface area contributed by atoms with Crippen LogP contribution in [0.1, 0.15) is 29.5 Å². The molecule has 1 atom stereocenters. The van der Waals surface area contributed by atoms with Gasteiger partial charge in [-0.2, -0.15) is 0 Å². The van der Waals surface area contributed by atoms with Crippen molar-refractivity contribution in [3.8, 4) is 0 Å². The van der Waals surface area contributed by atoms with Crippen molar-refractivity contribution in [2.24, 2.45) is 0 Å². The molecule has 0 fully saturated rings. The Labute approximate surface area is 126 Å². The van der Waals surface area contributed by atoms with Crippen molar-refractivity contribution in [3.63, 3.8) is 0 Å². The van der Waals surface area contributed by atoms with Crippen LogP contribution in [0.4, 0.5) is 5.69 Å². The quantitative estimate of drug-likeness (QED) is 0.878. The lowest BCUT2D eigenvalue weighted by molar-refractivity contribution is 0.288. The minimum atomic E-state index is 0.261. The van der Waals surface area contributed by atoms with E-state index in [0.717, 1.165) is 25.7 Å². The van der Waals surface area contributed by atoms with Gasteiger partial charge in [-0.3, -0.25) is 0 Å². The van der Waals surface area contributed by atoms with E-state index in [0.29, 0.717) is 6.04 Å². The van der Waals surface area contributed by atoms with Gasteiger partial charge in [-0.25, -0.2) is 0 Å². The summed E-state index contributed by atoms with van der Waals surface area (Å²) in [6.07, 6.45) is 5.24. The molecule has 2 nitrogen and oxygen atoms in total. The zero-order valence-corrected chi connectivity index (χ0v) is 12.4. The van der Waals surface area contributed by atoms with E-state index in [9.17, 15) is 0 Å². The lowest BCUT2D eigenvalue weighted by Gasteiger charge is -2.26. The van der Waals surface area contributed by atoms with E-state index in [1.807, 2.05) is 0 Å². The highest BCUT2D eigenvalue weighted by Gasteiger charge is 2.17. The van der Waals surface area contributed by atoms with Crippen molar-refractivity contribution in [3.05, 3.63) is 65.2 Å². The molecule has 2 N–H and O–H groups in total. The van der Waals surface area contributed by atoms with Crippen molar-refractivity contribution in [2.45, 2.75) is 38.1 Å². The first-order valence-electron chi connectivity index (χ1n) is 7.88. The molecule has 0 saturated heterocycles. The summed E-state index contributed by atoms with van der Waals surface area (Å²) in [6, 6.07) is 17.9. The van der Waals surface area contributed by atoms with Crippen molar-refractivity contribution in [2.75, 3.05) is 11.9 Å². The van der Waals surface area contributed by atoms with Crippen LogP contribution in [0, 0.1) is 0 Å². The summed E-state index contributed by atoms with van der Waals surface area (Å²) in [4.78, 5) is 0. The molecule has 1 aliphatic rings. The summed E-state index contributed by atoms with van der Waals surface area (Å²) in [7, 11) is 0. The van der Waals surface area contributed by atoms with E-state index in [1.165, 1.54) is 28.8 Å². The van der Waals surface area contributed by atoms with Gasteiger partial charge in [0, 0.05) is 18.3 Å². The molecule has 2 heteroatoms. The molecule has 2 aromatic carbocycles. The molecule has 0 spiro atoms. The second-order valence-electron chi connectivity index (χ2n) is 5.88. The zero-order chi connectivity index (χ0) is 14.5. The Bertz CT molecular complexity index is 594. The number of aryl methyl sites for hydroxylation is 2. The smallest absolute Gasteiger partial charge is 0.0434 e. The Kier molecular flexibility index (Phi) is 4.56. The summed E-state index contributed by atoms with van der Waals surface area (Å²) in [5, 5.41) is 12.6. The van der Waals surface area contributed by atoms with Gasteiger partial charge in [-0.15, -0.1) is 0 Å². The molecule has 0 aromatic heterocycles. The molecule has 0 saturated carbocycles. The van der Waals surface area contributed by atoms with Crippen molar-refractivity contribution < 1.29 is 5.11 Å². The monoisotopic (exact) mass is 281 g/mol. The molecule has 0 aliphatic heterocycles. The van der Waals surface area contributed by atoms with Crippen LogP contribution in [0.3, 0.4) is 0 Å². The van der Waals surface area contributed by atoms with Crippen LogP contribution in [-0.2, 0) is 19.3 Å². The second kappa shape index (κ2) is 6.77. The number of hydrogen-bond donors (Lipinski definition) is 2. The lowest BCUT2D eigenvalue weighted by atomic mass is 9.88. The molecule has 2 aromatic rings. The number of hydrogen-bond acceptors (Lipinski definition) is 2. The predicted octanol–water partition coefficient (Wildman–Crippen LogP) is 3.58. The first-order chi connectivity index (χ1) is 10.3. The number of aliphatic hydroxyl groups excluding tert-OH is 1. The Morgan fingerprint density at radius 3 is 2.76 bits per heavy atom. The number of benzene rings is 2. The number of rotatable bonds is 5. The Morgan fingerprint density at radius 1 is 1.05 bits per heavy atom. The van der Waals surface area contributed by atoms with Crippen LogP contribution < -0.4 is 5.32 Å². The molecular weight excluding hydrogens is 258 g/mol. The molecule has 3 rings (SSSR count). The van der Waals surface area contributed by atoms with E-state index in [4.69, 9.17) is 5.11 Å². The average molecular weight is 281 g/mol. The first kappa shape index (κ1) is 14.2. The van der Waals surface area contributed by atoms with E-state index >= 15 is 0 Å². The van der Waals surface area contributed by atoms with Crippen LogP contribution >= 0.6 is 0 Å². The molecule has 1 aliphatic carbocycles. The molecule has 1 unspecified atom stereocenters. The molecule has 0 heterocycles. The molecule has 110 valence electrons. The maximum Gasteiger partial charge on any atom is 0.0434 e. The van der Waals surface area contributed by atoms with Gasteiger partial charge in [0.1, 0.15) is 0 Å². The highest BCUT2D eigenvalue weighted by atomic mass is 16.2. The van der Waals surface area contributed by atoms with Crippen LogP contribution in [0.2, 0.25) is 0 Å². The van der Waals surface area contributed by atoms with Crippen LogP contribution in [-0.4, -0.2) is 17.8 Å². The second-order valence-corrected chi connectivity index (χ2v) is 5.88. The fourth-order valence-corrected chi connectivity index (χ4v) is 3.16. The van der Waals surface area contributed by atoms with Gasteiger partial charge in [0.15, 0.2) is 0 Å². The van der Waals surface area contributed by atoms with Crippen molar-refractivity contribution in [1.82, 2.24) is 0 Å². The third-order valence-electron chi connectivity index (χ3n) is 4.27. The van der Waals surface area contributed by atoms with Gasteiger partial charge < -0.3 is 10.4 Å². The summed E-state index contributed by atoms with van der Waals surface area (Å²) in [6.45, 7) is 0.261. The normalized spacial score (nSPS) is 17.3. The lowest BCUT2D eigenvalue weighted by Crippen LogP contribution is -2.27. The van der Waals surface area contributed by atoms with Gasteiger partial charge in [-0.05, 0) is 60.9 Å². The van der Waals surface area contributed by atoms with Gasteiger partial charge in [0.2, 0.25) is 0 Å². The van der Waals surface area contributed by atoms with Crippen LogP contribution in [0.25, 0.3) is 0 Å². The number of aliphatic hydroxyl groups is 1. The molecule has 0 bridgehead atoms. The Morgan fingerprint density at radius 2 is 1.90 bits per heavy atom. The average Bonchev–Trinajstić information content (AvgIpc) is 2.53. The molecule has 21 heavy (non-hydrogen) atoms. The largest absolute Gasteiger partial charge is 0.396 e. The number of fused-ring (bicyclic) bond motifs is 1. The Hall–Kier alpha value is -1.80. The topological polar surface area (TPSA) is 32.3 Å². The highest BCUT2D eigenvalue weighted by Crippen LogP contribution is 2.24. The molecular formula is C19H23NO. The summed E-state index contributed by atoms with van der Waals surface area (Å²) >= 11 is 0. The predicted molar refractivity (Wildman–Crippen MR) is 87.7 cm³/mol. The van der Waals surface area contributed by atoms with E-state index in [2.05, 4.69) is 53.8 Å². The SMILES string of the molecule is OCCCc1cccc(NC2CCc3ccccc3C2)c1. The number of anilines is 1. The van der Waals surface area contributed by atoms with Gasteiger partial charge in [-0.1, -0.05) is 36.4 Å². The van der Waals surface area contributed by atoms with Gasteiger partial charge in [0.05, 0.1) is 0 Å². The first-order valence-corrected chi connectivity index (χ1v) is 7.88. The van der Waals surface area contributed by atoms with E-state index in [1.54, 1.807) is 0 Å². The minimum absolute atomic E-state index is 0.261. The summed E-state index contributed by atoms with van der Waals surface area (Å²) in [5.74, 6) is 0. The minimum Gasteiger partial charge on any atom is -0.396 e. The van der Waals surface area contributed by atoms with Gasteiger partial charge >= 0.3 is 0 Å². The summed E-state index contributed by atoms with van der Waals surface area (Å²) < 4.78 is 0. The number of nitrogens with one attached hydrogen (secondary N) is 1. The molecule has 0 radical (unpaired) electrons. The fraction of sp³-hybridized carbons (Fsp3) is 0.368. The maximum absolute atomic E-state index is 8.94. The molecule has 0 amide bonds. The maximum atomic E-state index is 8.94. The van der Waals surface area contributed by atoms with Crippen LogP contribution in [0.5, 0.6) is 0 Å². The van der Waals surface area contributed by atoms with E-state index < -0.39 is 0 Å². The summed E-state index contributed by atoms with van der Waals surface area (Å²) in [5.41, 5.74) is 5.49. The zero-order valence-electron chi connectivity index (χ0n) is 12.4. The fourth-order valence-electron chi connectivity index (χ4n) is 3.16. The van der Waals surface area contributed by atoms with Crippen LogP contribution in [0.15, 0.2) is 48.5 Å². The standard InChI is InChI=1S/C19H23NO/c21-12-4-6-15-5-3-9-18(13-15)20-19-11-10-16-7-1-2-8-17(16)14-19/h1-3,5,7-9,13,19-21H,4,6,10-12,14H2. The van der Waals surface area contributed by atoms with Crippen molar-refractivity contribution >= 4 is 5.69 Å². The van der Waals surface area contributed by atoms with Crippen molar-refractivity contribution in [1.29, 1.82) is 0 Å². The third kappa shape index (κ3) is 3.64. The Balaban J connectivity index is 1.65.